The number of nitrogens with zero attached hydrogens (tertiary/aromatic N) is 1. The van der Waals surface area contributed by atoms with E-state index in [1.165, 1.54) is 22.9 Å². The highest BCUT2D eigenvalue weighted by atomic mass is 32.2. The van der Waals surface area contributed by atoms with Crippen LogP contribution in [0, 0.1) is 13.8 Å². The third-order valence-electron chi connectivity index (χ3n) is 5.23. The lowest BCUT2D eigenvalue weighted by atomic mass is 10.1. The van der Waals surface area contributed by atoms with Gasteiger partial charge >= 0.3 is 0 Å². The summed E-state index contributed by atoms with van der Waals surface area (Å²) in [5.41, 5.74) is 5.46. The number of hydrogen-bond acceptors (Lipinski definition) is 4. The van der Waals surface area contributed by atoms with E-state index < -0.39 is 0 Å². The molecule has 0 bridgehead atoms. The van der Waals surface area contributed by atoms with Crippen LogP contribution in [0.25, 0.3) is 22.6 Å². The van der Waals surface area contributed by atoms with E-state index in [4.69, 9.17) is 9.72 Å². The van der Waals surface area contributed by atoms with Crippen LogP contribution in [0.1, 0.15) is 24.0 Å². The minimum absolute atomic E-state index is 0.00485. The maximum Gasteiger partial charge on any atom is 0.230 e. The van der Waals surface area contributed by atoms with Gasteiger partial charge in [0.05, 0.1) is 17.6 Å². The van der Waals surface area contributed by atoms with Crippen LogP contribution in [0.3, 0.4) is 0 Å². The normalized spacial score (nSPS) is 16.0. The molecule has 2 aromatic carbocycles. The molecule has 1 atom stereocenters. The zero-order valence-electron chi connectivity index (χ0n) is 17.4. The molecule has 0 radical (unpaired) electrons. The number of carbonyl (C=O) groups is 1. The van der Waals surface area contributed by atoms with Crippen molar-refractivity contribution in [1.82, 2.24) is 15.3 Å². The maximum absolute atomic E-state index is 12.4. The summed E-state index contributed by atoms with van der Waals surface area (Å²) in [6, 6.07) is 16.6. The third-order valence-corrected chi connectivity index (χ3v) is 6.20. The van der Waals surface area contributed by atoms with Crippen molar-refractivity contribution in [2.75, 3.05) is 18.9 Å². The molecule has 1 aromatic heterocycles. The topological polar surface area (TPSA) is 67.0 Å². The summed E-state index contributed by atoms with van der Waals surface area (Å²) in [5, 5.41) is 3.82. The lowest BCUT2D eigenvalue weighted by Crippen LogP contribution is -2.32. The molecule has 1 fully saturated rings. The van der Waals surface area contributed by atoms with Crippen LogP contribution in [-0.2, 0) is 9.53 Å². The number of imidazole rings is 1. The van der Waals surface area contributed by atoms with Crippen molar-refractivity contribution < 1.29 is 9.53 Å². The van der Waals surface area contributed by atoms with Crippen LogP contribution < -0.4 is 5.32 Å². The van der Waals surface area contributed by atoms with Gasteiger partial charge in [0, 0.05) is 24.3 Å². The van der Waals surface area contributed by atoms with E-state index in [9.17, 15) is 4.79 Å². The highest BCUT2D eigenvalue weighted by Crippen LogP contribution is 2.32. The van der Waals surface area contributed by atoms with Gasteiger partial charge in [-0.15, -0.1) is 0 Å². The maximum atomic E-state index is 12.4. The molecule has 1 amide bonds. The van der Waals surface area contributed by atoms with Crippen LogP contribution in [0.2, 0.25) is 0 Å². The SMILES string of the molecule is Cc1ccc(-c2nc(SCC(=O)NC[C@H]3CCCO3)c(-c3ccc(C)cc3)[nH]2)cc1. The number of hydrogen-bond donors (Lipinski definition) is 2. The average molecular weight is 422 g/mol. The van der Waals surface area contributed by atoms with E-state index in [2.05, 4.69) is 72.7 Å². The number of nitrogens with one attached hydrogen (secondary N) is 2. The predicted octanol–water partition coefficient (Wildman–Crippen LogP) is 4.75. The first-order valence-corrected chi connectivity index (χ1v) is 11.3. The molecule has 5 nitrogen and oxygen atoms in total. The number of carbonyl (C=O) groups excluding carboxylic acids is 1. The van der Waals surface area contributed by atoms with Gasteiger partial charge in [-0.2, -0.15) is 0 Å². The zero-order valence-corrected chi connectivity index (χ0v) is 18.2. The third kappa shape index (κ3) is 5.12. The highest BCUT2D eigenvalue weighted by Gasteiger charge is 2.18. The summed E-state index contributed by atoms with van der Waals surface area (Å²) in [4.78, 5) is 20.6. The van der Waals surface area contributed by atoms with Crippen molar-refractivity contribution in [2.24, 2.45) is 0 Å². The fraction of sp³-hybridized carbons (Fsp3) is 0.333. The Kier molecular flexibility index (Phi) is 6.55. The van der Waals surface area contributed by atoms with Crippen molar-refractivity contribution in [3.63, 3.8) is 0 Å². The summed E-state index contributed by atoms with van der Waals surface area (Å²) in [6.07, 6.45) is 2.25. The second-order valence-corrected chi connectivity index (χ2v) is 8.69. The van der Waals surface area contributed by atoms with Gasteiger partial charge in [-0.25, -0.2) is 4.98 Å². The highest BCUT2D eigenvalue weighted by molar-refractivity contribution is 8.00. The molecule has 6 heteroatoms. The molecule has 2 N–H and O–H groups in total. The Balaban J connectivity index is 1.51. The molecule has 1 saturated heterocycles. The molecule has 0 saturated carbocycles. The fourth-order valence-corrected chi connectivity index (χ4v) is 4.28. The monoisotopic (exact) mass is 421 g/mol. The van der Waals surface area contributed by atoms with E-state index in [0.717, 1.165) is 47.1 Å². The number of H-pyrrole nitrogens is 1. The van der Waals surface area contributed by atoms with Crippen molar-refractivity contribution in [2.45, 2.75) is 37.8 Å². The van der Waals surface area contributed by atoms with Crippen molar-refractivity contribution in [3.8, 4) is 22.6 Å². The number of ether oxygens (including phenoxy) is 1. The molecule has 3 aromatic rings. The Bertz CT molecular complexity index is 990. The Morgan fingerprint density at radius 2 is 1.77 bits per heavy atom. The number of aromatic amines is 1. The van der Waals surface area contributed by atoms with Crippen LogP contribution in [0.5, 0.6) is 0 Å². The van der Waals surface area contributed by atoms with Crippen molar-refractivity contribution in [1.29, 1.82) is 0 Å². The standard InChI is InChI=1S/C24H27N3O2S/c1-16-5-9-18(10-6-16)22-24(27-23(26-22)19-11-7-17(2)8-12-19)30-15-21(28)25-14-20-4-3-13-29-20/h5-12,20H,3-4,13-15H2,1-2H3,(H,25,28)(H,26,27)/t20-/m1/s1. The number of aromatic nitrogens is 2. The number of thioether (sulfide) groups is 1. The number of amides is 1. The Morgan fingerprint density at radius 1 is 1.10 bits per heavy atom. The Morgan fingerprint density at radius 3 is 2.40 bits per heavy atom. The lowest BCUT2D eigenvalue weighted by molar-refractivity contribution is -0.119. The first kappa shape index (κ1) is 20.7. The van der Waals surface area contributed by atoms with E-state index in [0.29, 0.717) is 12.3 Å². The fourth-order valence-electron chi connectivity index (χ4n) is 3.44. The zero-order chi connectivity index (χ0) is 20.9. The van der Waals surface area contributed by atoms with Gasteiger partial charge in [-0.1, -0.05) is 71.4 Å². The van der Waals surface area contributed by atoms with Crippen LogP contribution in [0.15, 0.2) is 53.6 Å². The molecular formula is C24H27N3O2S. The van der Waals surface area contributed by atoms with E-state index >= 15 is 0 Å². The molecule has 156 valence electrons. The summed E-state index contributed by atoms with van der Waals surface area (Å²) in [7, 11) is 0. The molecule has 0 aliphatic carbocycles. The molecule has 0 unspecified atom stereocenters. The molecular weight excluding hydrogens is 394 g/mol. The molecule has 1 aliphatic rings. The first-order chi connectivity index (χ1) is 14.6. The van der Waals surface area contributed by atoms with Gasteiger partial charge < -0.3 is 15.0 Å². The van der Waals surface area contributed by atoms with Gasteiger partial charge in [-0.3, -0.25) is 4.79 Å². The van der Waals surface area contributed by atoms with E-state index in [-0.39, 0.29) is 12.0 Å². The van der Waals surface area contributed by atoms with Gasteiger partial charge in [0.1, 0.15) is 10.9 Å². The average Bonchev–Trinajstić information content (AvgIpc) is 3.42. The largest absolute Gasteiger partial charge is 0.376 e. The molecule has 1 aliphatic heterocycles. The summed E-state index contributed by atoms with van der Waals surface area (Å²) >= 11 is 1.46. The molecule has 30 heavy (non-hydrogen) atoms. The van der Waals surface area contributed by atoms with Crippen LogP contribution >= 0.6 is 11.8 Å². The smallest absolute Gasteiger partial charge is 0.230 e. The second kappa shape index (κ2) is 9.49. The second-order valence-electron chi connectivity index (χ2n) is 7.73. The van der Waals surface area contributed by atoms with Gasteiger partial charge in [-0.05, 0) is 26.7 Å². The van der Waals surface area contributed by atoms with Crippen molar-refractivity contribution >= 4 is 17.7 Å². The van der Waals surface area contributed by atoms with Gasteiger partial charge in [0.25, 0.3) is 0 Å². The van der Waals surface area contributed by atoms with Gasteiger partial charge in [0.15, 0.2) is 0 Å². The summed E-state index contributed by atoms with van der Waals surface area (Å²) < 4.78 is 5.57. The van der Waals surface area contributed by atoms with Crippen LogP contribution in [-0.4, -0.2) is 40.9 Å². The lowest BCUT2D eigenvalue weighted by Gasteiger charge is -2.10. The number of aryl methyl sites for hydroxylation is 2. The molecule has 2 heterocycles. The van der Waals surface area contributed by atoms with E-state index in [1.54, 1.807) is 0 Å². The summed E-state index contributed by atoms with van der Waals surface area (Å²) in [5.74, 6) is 1.14. The Labute approximate surface area is 181 Å². The van der Waals surface area contributed by atoms with E-state index in [1.807, 2.05) is 0 Å². The van der Waals surface area contributed by atoms with Crippen LogP contribution in [0.4, 0.5) is 0 Å². The summed E-state index contributed by atoms with van der Waals surface area (Å²) in [6.45, 7) is 5.52. The van der Waals surface area contributed by atoms with Crippen molar-refractivity contribution in [3.05, 3.63) is 59.7 Å². The quantitative estimate of drug-likeness (QED) is 0.541. The Hall–Kier alpha value is -2.57. The predicted molar refractivity (Wildman–Crippen MR) is 122 cm³/mol. The molecule has 4 rings (SSSR count). The number of benzene rings is 2. The number of rotatable bonds is 7. The minimum atomic E-state index is 0.00485. The molecule has 0 spiro atoms. The minimum Gasteiger partial charge on any atom is -0.376 e. The first-order valence-electron chi connectivity index (χ1n) is 10.3. The van der Waals surface area contributed by atoms with Gasteiger partial charge in [0.2, 0.25) is 5.91 Å².